The first-order valence-corrected chi connectivity index (χ1v) is 9.37. The van der Waals surface area contributed by atoms with Crippen LogP contribution in [0.5, 0.6) is 11.5 Å². The van der Waals surface area contributed by atoms with Crippen LogP contribution in [0.15, 0.2) is 52.3 Å². The van der Waals surface area contributed by atoms with E-state index in [1.807, 2.05) is 23.6 Å². The molecule has 0 saturated heterocycles. The van der Waals surface area contributed by atoms with Crippen LogP contribution in [-0.2, 0) is 11.3 Å². The number of benzene rings is 2. The average Bonchev–Trinajstić information content (AvgIpc) is 3.15. The molecule has 0 bridgehead atoms. The van der Waals surface area contributed by atoms with Gasteiger partial charge in [0.2, 0.25) is 0 Å². The maximum absolute atomic E-state index is 12.1. The Morgan fingerprint density at radius 3 is 2.58 bits per heavy atom. The van der Waals surface area contributed by atoms with Crippen molar-refractivity contribution in [2.75, 3.05) is 14.2 Å². The summed E-state index contributed by atoms with van der Waals surface area (Å²) in [7, 11) is 3.20. The van der Waals surface area contributed by atoms with Gasteiger partial charge in [0.25, 0.3) is 0 Å². The third-order valence-corrected chi connectivity index (χ3v) is 5.04. The molecule has 26 heavy (non-hydrogen) atoms. The lowest BCUT2D eigenvalue weighted by Crippen LogP contribution is -2.05. The van der Waals surface area contributed by atoms with E-state index in [9.17, 15) is 4.79 Å². The van der Waals surface area contributed by atoms with Gasteiger partial charge in [0.05, 0.1) is 31.0 Å². The number of aromatic nitrogens is 1. The van der Waals surface area contributed by atoms with Gasteiger partial charge in [-0.25, -0.2) is 9.78 Å². The molecule has 7 heteroatoms. The number of methoxy groups -OCH3 is 2. The third kappa shape index (κ3) is 4.23. The quantitative estimate of drug-likeness (QED) is 0.514. The molecule has 3 rings (SSSR count). The van der Waals surface area contributed by atoms with Crippen molar-refractivity contribution < 1.29 is 19.0 Å². The van der Waals surface area contributed by atoms with Gasteiger partial charge in [-0.2, -0.15) is 0 Å². The molecule has 0 aliphatic rings. The summed E-state index contributed by atoms with van der Waals surface area (Å²) in [5, 5.41) is 2.68. The Balaban J connectivity index is 1.69. The summed E-state index contributed by atoms with van der Waals surface area (Å²) in [4.78, 5) is 16.7. The smallest absolute Gasteiger partial charge is 0.338 e. The standard InChI is InChI=1S/C19H16BrNO4S/c1-23-15-6-3-12(4-7-15)19(22)25-10-14-11-26-18(21-14)16-9-13(20)5-8-17(16)24-2/h3-9,11H,10H2,1-2H3. The topological polar surface area (TPSA) is 57.7 Å². The van der Waals surface area contributed by atoms with E-state index in [2.05, 4.69) is 20.9 Å². The van der Waals surface area contributed by atoms with Gasteiger partial charge in [-0.05, 0) is 42.5 Å². The molecular weight excluding hydrogens is 418 g/mol. The Kier molecular flexibility index (Phi) is 5.90. The Labute approximate surface area is 163 Å². The Morgan fingerprint density at radius 1 is 1.12 bits per heavy atom. The summed E-state index contributed by atoms with van der Waals surface area (Å²) < 4.78 is 16.7. The van der Waals surface area contributed by atoms with E-state index in [0.29, 0.717) is 17.0 Å². The fraction of sp³-hybridized carbons (Fsp3) is 0.158. The van der Waals surface area contributed by atoms with Crippen LogP contribution in [0.2, 0.25) is 0 Å². The van der Waals surface area contributed by atoms with E-state index in [0.717, 1.165) is 20.8 Å². The Hall–Kier alpha value is -2.38. The second kappa shape index (κ2) is 8.33. The van der Waals surface area contributed by atoms with Crippen molar-refractivity contribution in [1.29, 1.82) is 0 Å². The number of carbonyl (C=O) groups excluding carboxylic acids is 1. The van der Waals surface area contributed by atoms with Crippen molar-refractivity contribution in [3.63, 3.8) is 0 Å². The van der Waals surface area contributed by atoms with Crippen LogP contribution >= 0.6 is 27.3 Å². The molecule has 134 valence electrons. The number of rotatable bonds is 6. The van der Waals surface area contributed by atoms with Crippen LogP contribution in [0.1, 0.15) is 16.1 Å². The predicted molar refractivity (Wildman–Crippen MR) is 104 cm³/mol. The van der Waals surface area contributed by atoms with Crippen molar-refractivity contribution >= 4 is 33.2 Å². The summed E-state index contributed by atoms with van der Waals surface area (Å²) in [6.07, 6.45) is 0. The molecule has 0 aliphatic heterocycles. The van der Waals surface area contributed by atoms with Crippen molar-refractivity contribution in [2.24, 2.45) is 0 Å². The lowest BCUT2D eigenvalue weighted by Gasteiger charge is -2.06. The minimum absolute atomic E-state index is 0.109. The second-order valence-electron chi connectivity index (χ2n) is 5.29. The van der Waals surface area contributed by atoms with Crippen LogP contribution in [-0.4, -0.2) is 25.2 Å². The highest BCUT2D eigenvalue weighted by atomic mass is 79.9. The number of thiazole rings is 1. The van der Waals surface area contributed by atoms with Gasteiger partial charge in [-0.3, -0.25) is 0 Å². The minimum Gasteiger partial charge on any atom is -0.497 e. The lowest BCUT2D eigenvalue weighted by atomic mass is 10.2. The van der Waals surface area contributed by atoms with Gasteiger partial charge in [0.15, 0.2) is 0 Å². The maximum Gasteiger partial charge on any atom is 0.338 e. The van der Waals surface area contributed by atoms with Crippen molar-refractivity contribution in [1.82, 2.24) is 4.98 Å². The minimum atomic E-state index is -0.401. The summed E-state index contributed by atoms with van der Waals surface area (Å²) in [5.74, 6) is 1.03. The van der Waals surface area contributed by atoms with E-state index < -0.39 is 5.97 Å². The van der Waals surface area contributed by atoms with Crippen LogP contribution in [0.25, 0.3) is 10.6 Å². The number of carbonyl (C=O) groups is 1. The molecule has 0 amide bonds. The second-order valence-corrected chi connectivity index (χ2v) is 7.07. The Bertz CT molecular complexity index is 908. The number of esters is 1. The number of nitrogens with zero attached hydrogens (tertiary/aromatic N) is 1. The molecule has 2 aromatic carbocycles. The molecule has 0 spiro atoms. The molecule has 3 aromatic rings. The number of halogens is 1. The van der Waals surface area contributed by atoms with Crippen LogP contribution in [0, 0.1) is 0 Å². The van der Waals surface area contributed by atoms with Gasteiger partial charge in [-0.15, -0.1) is 11.3 Å². The molecule has 1 aromatic heterocycles. The van der Waals surface area contributed by atoms with E-state index in [1.165, 1.54) is 11.3 Å². The molecule has 0 radical (unpaired) electrons. The largest absolute Gasteiger partial charge is 0.497 e. The molecular formula is C19H16BrNO4S. The van der Waals surface area contributed by atoms with Crippen LogP contribution in [0.4, 0.5) is 0 Å². The molecule has 0 fully saturated rings. The molecule has 5 nitrogen and oxygen atoms in total. The predicted octanol–water partition coefficient (Wildman–Crippen LogP) is 4.95. The SMILES string of the molecule is COc1ccc(C(=O)OCc2csc(-c3cc(Br)ccc3OC)n2)cc1. The summed E-state index contributed by atoms with van der Waals surface area (Å²) in [6.45, 7) is 0.109. The lowest BCUT2D eigenvalue weighted by molar-refractivity contribution is 0.0468. The van der Waals surface area contributed by atoms with Crippen LogP contribution < -0.4 is 9.47 Å². The van der Waals surface area contributed by atoms with Gasteiger partial charge in [-0.1, -0.05) is 15.9 Å². The maximum atomic E-state index is 12.1. The first kappa shape index (κ1) is 18.4. The van der Waals surface area contributed by atoms with E-state index in [1.54, 1.807) is 38.5 Å². The highest BCUT2D eigenvalue weighted by Gasteiger charge is 2.13. The summed E-state index contributed by atoms with van der Waals surface area (Å²) >= 11 is 4.93. The average molecular weight is 434 g/mol. The summed E-state index contributed by atoms with van der Waals surface area (Å²) in [6, 6.07) is 12.5. The van der Waals surface area contributed by atoms with E-state index in [-0.39, 0.29) is 6.61 Å². The molecule has 0 atom stereocenters. The zero-order chi connectivity index (χ0) is 18.5. The molecule has 0 saturated carbocycles. The van der Waals surface area contributed by atoms with Crippen molar-refractivity contribution in [3.05, 3.63) is 63.6 Å². The van der Waals surface area contributed by atoms with E-state index >= 15 is 0 Å². The fourth-order valence-electron chi connectivity index (χ4n) is 2.29. The molecule has 1 heterocycles. The monoisotopic (exact) mass is 433 g/mol. The molecule has 0 unspecified atom stereocenters. The van der Waals surface area contributed by atoms with Crippen LogP contribution in [0.3, 0.4) is 0 Å². The van der Waals surface area contributed by atoms with Crippen molar-refractivity contribution in [2.45, 2.75) is 6.61 Å². The zero-order valence-electron chi connectivity index (χ0n) is 14.2. The zero-order valence-corrected chi connectivity index (χ0v) is 16.6. The van der Waals surface area contributed by atoms with Gasteiger partial charge in [0, 0.05) is 9.85 Å². The highest BCUT2D eigenvalue weighted by Crippen LogP contribution is 2.34. The number of hydrogen-bond donors (Lipinski definition) is 0. The third-order valence-electron chi connectivity index (χ3n) is 3.62. The Morgan fingerprint density at radius 2 is 1.88 bits per heavy atom. The first-order valence-electron chi connectivity index (χ1n) is 7.70. The first-order chi connectivity index (χ1) is 12.6. The molecule has 0 aliphatic carbocycles. The van der Waals surface area contributed by atoms with E-state index in [4.69, 9.17) is 14.2 Å². The number of hydrogen-bond acceptors (Lipinski definition) is 6. The fourth-order valence-corrected chi connectivity index (χ4v) is 3.48. The normalized spacial score (nSPS) is 10.4. The van der Waals surface area contributed by atoms with Crippen molar-refractivity contribution in [3.8, 4) is 22.1 Å². The number of ether oxygens (including phenoxy) is 3. The van der Waals surface area contributed by atoms with Gasteiger partial charge >= 0.3 is 5.97 Å². The van der Waals surface area contributed by atoms with Gasteiger partial charge in [0.1, 0.15) is 23.1 Å². The summed E-state index contributed by atoms with van der Waals surface area (Å²) in [5.41, 5.74) is 2.04. The molecule has 0 N–H and O–H groups in total. The van der Waals surface area contributed by atoms with Gasteiger partial charge < -0.3 is 14.2 Å². The highest BCUT2D eigenvalue weighted by molar-refractivity contribution is 9.10.